The van der Waals surface area contributed by atoms with Crippen molar-refractivity contribution < 1.29 is 9.47 Å². The van der Waals surface area contributed by atoms with E-state index in [0.29, 0.717) is 23.4 Å². The van der Waals surface area contributed by atoms with Gasteiger partial charge in [-0.1, -0.05) is 47.5 Å². The molecule has 1 heterocycles. The molecule has 0 bridgehead atoms. The number of ether oxygens (including phenoxy) is 2. The van der Waals surface area contributed by atoms with Gasteiger partial charge >= 0.3 is 0 Å². The van der Waals surface area contributed by atoms with Gasteiger partial charge in [0.2, 0.25) is 6.79 Å². The van der Waals surface area contributed by atoms with E-state index < -0.39 is 8.07 Å². The minimum atomic E-state index is -1.67. The van der Waals surface area contributed by atoms with Gasteiger partial charge in [0.1, 0.15) is 8.07 Å². The number of rotatable bonds is 3. The Morgan fingerprint density at radius 2 is 1.48 bits per heavy atom. The van der Waals surface area contributed by atoms with Gasteiger partial charge in [-0.25, -0.2) is 0 Å². The van der Waals surface area contributed by atoms with Crippen LogP contribution in [0.4, 0.5) is 0 Å². The fourth-order valence-corrected chi connectivity index (χ4v) is 8.81. The summed E-state index contributed by atoms with van der Waals surface area (Å²) >= 11 is 0. The van der Waals surface area contributed by atoms with Crippen molar-refractivity contribution in [3.8, 4) is 23.0 Å². The number of benzene rings is 1. The van der Waals surface area contributed by atoms with Gasteiger partial charge in [-0.05, 0) is 34.8 Å². The Morgan fingerprint density at radius 1 is 0.905 bits per heavy atom. The van der Waals surface area contributed by atoms with Crippen molar-refractivity contribution in [2.45, 2.75) is 58.2 Å². The quantitative estimate of drug-likeness (QED) is 0.579. The van der Waals surface area contributed by atoms with E-state index in [0.717, 1.165) is 17.1 Å². The zero-order chi connectivity index (χ0) is 15.6. The fraction of sp³-hybridized carbons (Fsp3) is 0.556. The first kappa shape index (κ1) is 16.0. The minimum Gasteiger partial charge on any atom is -0.454 e. The van der Waals surface area contributed by atoms with Crippen molar-refractivity contribution >= 4 is 8.07 Å². The second-order valence-electron chi connectivity index (χ2n) is 6.72. The van der Waals surface area contributed by atoms with Gasteiger partial charge in [0.15, 0.2) is 11.5 Å². The molecule has 1 aromatic carbocycles. The molecular formula is C18H26O2Si. The molecule has 0 aromatic heterocycles. The first-order valence-electron chi connectivity index (χ1n) is 7.80. The minimum absolute atomic E-state index is 0.314. The van der Waals surface area contributed by atoms with Gasteiger partial charge < -0.3 is 9.47 Å². The average molecular weight is 302 g/mol. The Morgan fingerprint density at radius 3 is 2.05 bits per heavy atom. The van der Waals surface area contributed by atoms with Crippen LogP contribution in [-0.4, -0.2) is 14.9 Å². The van der Waals surface area contributed by atoms with Gasteiger partial charge in [0.05, 0.1) is 0 Å². The lowest BCUT2D eigenvalue weighted by Crippen LogP contribution is -2.43. The lowest BCUT2D eigenvalue weighted by molar-refractivity contribution is 0.174. The Hall–Kier alpha value is -1.40. The highest BCUT2D eigenvalue weighted by Gasteiger charge is 2.41. The average Bonchev–Trinajstić information content (AvgIpc) is 2.85. The number of fused-ring (bicyclic) bond motifs is 1. The van der Waals surface area contributed by atoms with Crippen molar-refractivity contribution in [3.05, 3.63) is 23.8 Å². The largest absolute Gasteiger partial charge is 0.454 e. The van der Waals surface area contributed by atoms with E-state index in [1.807, 2.05) is 18.2 Å². The molecule has 3 heteroatoms. The van der Waals surface area contributed by atoms with Crippen molar-refractivity contribution in [2.24, 2.45) is 0 Å². The highest BCUT2D eigenvalue weighted by atomic mass is 28.3. The Balaban J connectivity index is 2.38. The molecular weight excluding hydrogens is 276 g/mol. The third-order valence-corrected chi connectivity index (χ3v) is 11.0. The first-order valence-corrected chi connectivity index (χ1v) is 10.0. The third-order valence-electron chi connectivity index (χ3n) is 4.66. The van der Waals surface area contributed by atoms with E-state index in [1.54, 1.807) is 0 Å². The summed E-state index contributed by atoms with van der Waals surface area (Å²) in [4.78, 5) is 0. The summed E-state index contributed by atoms with van der Waals surface area (Å²) in [5.74, 6) is 5.07. The van der Waals surface area contributed by atoms with Crippen LogP contribution in [0.3, 0.4) is 0 Å². The van der Waals surface area contributed by atoms with E-state index in [1.165, 1.54) is 0 Å². The Kier molecular flexibility index (Phi) is 4.68. The smallest absolute Gasteiger partial charge is 0.231 e. The summed E-state index contributed by atoms with van der Waals surface area (Å²) in [6.07, 6.45) is 0. The predicted octanol–water partition coefficient (Wildman–Crippen LogP) is 4.98. The van der Waals surface area contributed by atoms with Gasteiger partial charge in [-0.3, -0.25) is 0 Å². The predicted molar refractivity (Wildman–Crippen MR) is 90.5 cm³/mol. The molecule has 0 atom stereocenters. The molecule has 0 radical (unpaired) electrons. The summed E-state index contributed by atoms with van der Waals surface area (Å²) in [5, 5.41) is 0. The molecule has 0 saturated heterocycles. The molecule has 2 nitrogen and oxygen atoms in total. The lowest BCUT2D eigenvalue weighted by Gasteiger charge is -2.38. The molecule has 2 rings (SSSR count). The molecule has 0 spiro atoms. The molecule has 0 amide bonds. The zero-order valence-electron chi connectivity index (χ0n) is 14.0. The zero-order valence-corrected chi connectivity index (χ0v) is 15.0. The van der Waals surface area contributed by atoms with E-state index in [4.69, 9.17) is 9.47 Å². The lowest BCUT2D eigenvalue weighted by atomic mass is 10.2. The third kappa shape index (κ3) is 2.96. The summed E-state index contributed by atoms with van der Waals surface area (Å²) < 4.78 is 10.8. The molecule has 0 aliphatic carbocycles. The van der Waals surface area contributed by atoms with Crippen molar-refractivity contribution in [3.63, 3.8) is 0 Å². The van der Waals surface area contributed by atoms with Crippen LogP contribution in [0.2, 0.25) is 16.6 Å². The van der Waals surface area contributed by atoms with Crippen LogP contribution in [0.5, 0.6) is 11.5 Å². The van der Waals surface area contributed by atoms with Crippen LogP contribution < -0.4 is 9.47 Å². The molecule has 21 heavy (non-hydrogen) atoms. The van der Waals surface area contributed by atoms with Crippen LogP contribution in [0.15, 0.2) is 18.2 Å². The molecule has 114 valence electrons. The molecule has 0 fully saturated rings. The van der Waals surface area contributed by atoms with Crippen LogP contribution in [-0.2, 0) is 0 Å². The van der Waals surface area contributed by atoms with Crippen molar-refractivity contribution in [2.75, 3.05) is 6.79 Å². The standard InChI is InChI=1S/C18H26O2Si/c1-13(2)21(14(3)4,15(5)6)10-9-16-7-8-17-18(11-16)20-12-19-17/h7-8,11,13-15H,12H2,1-6H3. The van der Waals surface area contributed by atoms with Crippen LogP contribution >= 0.6 is 0 Å². The monoisotopic (exact) mass is 302 g/mol. The van der Waals surface area contributed by atoms with Crippen LogP contribution in [0.1, 0.15) is 47.1 Å². The molecule has 1 aliphatic rings. The maximum atomic E-state index is 5.43. The van der Waals surface area contributed by atoms with Gasteiger partial charge in [0, 0.05) is 5.56 Å². The van der Waals surface area contributed by atoms with Crippen LogP contribution in [0.25, 0.3) is 0 Å². The van der Waals surface area contributed by atoms with Gasteiger partial charge in [-0.2, -0.15) is 0 Å². The van der Waals surface area contributed by atoms with Crippen molar-refractivity contribution in [1.29, 1.82) is 0 Å². The molecule has 1 aromatic rings. The second-order valence-corrected chi connectivity index (χ2v) is 12.3. The van der Waals surface area contributed by atoms with Crippen LogP contribution in [0, 0.1) is 11.5 Å². The van der Waals surface area contributed by atoms with Gasteiger partial charge in [0.25, 0.3) is 0 Å². The Bertz CT molecular complexity index is 543. The molecule has 1 aliphatic heterocycles. The number of hydrogen-bond donors (Lipinski definition) is 0. The molecule has 0 unspecified atom stereocenters. The second kappa shape index (κ2) is 6.15. The van der Waals surface area contributed by atoms with E-state index in [2.05, 4.69) is 53.0 Å². The summed E-state index contributed by atoms with van der Waals surface area (Å²) in [7, 11) is -1.67. The highest BCUT2D eigenvalue weighted by molar-refractivity contribution is 6.90. The van der Waals surface area contributed by atoms with Crippen molar-refractivity contribution in [1.82, 2.24) is 0 Å². The SMILES string of the molecule is CC(C)[Si](C#Cc1ccc2c(c1)OCO2)(C(C)C)C(C)C. The fourth-order valence-electron chi connectivity index (χ4n) is 3.59. The van der Waals surface area contributed by atoms with E-state index >= 15 is 0 Å². The summed E-state index contributed by atoms with van der Waals surface area (Å²) in [6, 6.07) is 5.98. The highest BCUT2D eigenvalue weighted by Crippen LogP contribution is 2.41. The molecule has 0 saturated carbocycles. The maximum Gasteiger partial charge on any atom is 0.231 e. The Labute approximate surface area is 129 Å². The maximum absolute atomic E-state index is 5.43. The molecule has 0 N–H and O–H groups in total. The van der Waals surface area contributed by atoms with Gasteiger partial charge in [-0.15, -0.1) is 5.54 Å². The van der Waals surface area contributed by atoms with E-state index in [9.17, 15) is 0 Å². The number of hydrogen-bond acceptors (Lipinski definition) is 2. The summed E-state index contributed by atoms with van der Waals surface area (Å²) in [6.45, 7) is 14.3. The van der Waals surface area contributed by atoms with E-state index in [-0.39, 0.29) is 0 Å². The summed E-state index contributed by atoms with van der Waals surface area (Å²) in [5.41, 5.74) is 6.71. The topological polar surface area (TPSA) is 18.5 Å². The normalized spacial score (nSPS) is 13.8. The first-order chi connectivity index (χ1) is 9.87.